The van der Waals surface area contributed by atoms with E-state index >= 15 is 0 Å². The van der Waals surface area contributed by atoms with Gasteiger partial charge in [0, 0.05) is 18.9 Å². The highest BCUT2D eigenvalue weighted by Crippen LogP contribution is 2.09. The summed E-state index contributed by atoms with van der Waals surface area (Å²) in [5.74, 6) is 2.15. The van der Waals surface area contributed by atoms with E-state index in [-0.39, 0.29) is 6.10 Å². The highest BCUT2D eigenvalue weighted by atomic mass is 16.5. The second-order valence-corrected chi connectivity index (χ2v) is 2.88. The first-order valence-electron chi connectivity index (χ1n) is 4.62. The van der Waals surface area contributed by atoms with Crippen LogP contribution in [0.25, 0.3) is 0 Å². The Bertz CT molecular complexity index is 235. The molecule has 0 unspecified atom stereocenters. The third-order valence-electron chi connectivity index (χ3n) is 1.73. The van der Waals surface area contributed by atoms with Gasteiger partial charge in [0.1, 0.15) is 6.10 Å². The van der Waals surface area contributed by atoms with Crippen molar-refractivity contribution in [3.63, 3.8) is 0 Å². The maximum Gasteiger partial charge on any atom is 0.330 e. The predicted molar refractivity (Wildman–Crippen MR) is 57.6 cm³/mol. The second-order valence-electron chi connectivity index (χ2n) is 2.88. The molecule has 76 valence electrons. The predicted octanol–water partition coefficient (Wildman–Crippen LogP) is 2.46. The molecule has 0 fully saturated rings. The van der Waals surface area contributed by atoms with Crippen LogP contribution in [0.4, 0.5) is 0 Å². The van der Waals surface area contributed by atoms with Gasteiger partial charge >= 0.3 is 5.97 Å². The molecule has 0 saturated carbocycles. The fraction of sp³-hybridized carbons (Fsp3) is 0.417. The first-order valence-corrected chi connectivity index (χ1v) is 4.62. The number of esters is 1. The fourth-order valence-electron chi connectivity index (χ4n) is 1.05. The van der Waals surface area contributed by atoms with E-state index in [2.05, 4.69) is 19.1 Å². The molecule has 0 spiro atoms. The van der Waals surface area contributed by atoms with E-state index in [0.29, 0.717) is 12.8 Å². The van der Waals surface area contributed by atoms with E-state index in [4.69, 9.17) is 11.2 Å². The fourth-order valence-corrected chi connectivity index (χ4v) is 1.05. The van der Waals surface area contributed by atoms with Crippen LogP contribution in [0, 0.1) is 12.3 Å². The number of hydrogen-bond acceptors (Lipinski definition) is 2. The molecule has 0 N–H and O–H groups in total. The molecule has 0 aromatic carbocycles. The van der Waals surface area contributed by atoms with Gasteiger partial charge in [-0.3, -0.25) is 0 Å². The zero-order valence-corrected chi connectivity index (χ0v) is 8.37. The maximum atomic E-state index is 10.9. The standard InChI is InChI=1S/C12H16O2/c1-4-7-8-10-11(9-5-2)14-12(13)6-3/h1,5-6,11H,2-3,7-10H2/t11-/m1/s1. The molecule has 0 aliphatic rings. The molecule has 1 atom stereocenters. The van der Waals surface area contributed by atoms with Crippen molar-refractivity contribution in [2.45, 2.75) is 31.8 Å². The Kier molecular flexibility index (Phi) is 7.26. The number of terminal acetylenes is 1. The molecular formula is C12H16O2. The van der Waals surface area contributed by atoms with Gasteiger partial charge in [-0.1, -0.05) is 12.7 Å². The third kappa shape index (κ3) is 6.07. The molecule has 0 radical (unpaired) electrons. The molecule has 0 aromatic rings. The zero-order valence-electron chi connectivity index (χ0n) is 8.37. The van der Waals surface area contributed by atoms with E-state index < -0.39 is 5.97 Å². The van der Waals surface area contributed by atoms with Crippen molar-refractivity contribution in [1.82, 2.24) is 0 Å². The van der Waals surface area contributed by atoms with Crippen LogP contribution in [0.15, 0.2) is 25.3 Å². The van der Waals surface area contributed by atoms with E-state index in [1.54, 1.807) is 6.08 Å². The molecule has 2 nitrogen and oxygen atoms in total. The maximum absolute atomic E-state index is 10.9. The minimum Gasteiger partial charge on any atom is -0.459 e. The number of ether oxygens (including phenoxy) is 1. The van der Waals surface area contributed by atoms with Gasteiger partial charge in [-0.15, -0.1) is 18.9 Å². The molecule has 0 saturated heterocycles. The van der Waals surface area contributed by atoms with Crippen molar-refractivity contribution in [3.8, 4) is 12.3 Å². The molecule has 0 bridgehead atoms. The van der Waals surface area contributed by atoms with Gasteiger partial charge in [0.15, 0.2) is 0 Å². The minimum atomic E-state index is -0.391. The summed E-state index contributed by atoms with van der Waals surface area (Å²) in [5.41, 5.74) is 0. The van der Waals surface area contributed by atoms with Crippen molar-refractivity contribution in [2.24, 2.45) is 0 Å². The number of carbonyl (C=O) groups excluding carboxylic acids is 1. The zero-order chi connectivity index (χ0) is 10.8. The van der Waals surface area contributed by atoms with Gasteiger partial charge in [-0.05, 0) is 12.8 Å². The van der Waals surface area contributed by atoms with Crippen LogP contribution in [-0.4, -0.2) is 12.1 Å². The summed E-state index contributed by atoms with van der Waals surface area (Å²) in [4.78, 5) is 10.9. The lowest BCUT2D eigenvalue weighted by molar-refractivity contribution is -0.143. The number of unbranched alkanes of at least 4 members (excludes halogenated alkanes) is 1. The molecule has 0 aromatic heterocycles. The largest absolute Gasteiger partial charge is 0.459 e. The van der Waals surface area contributed by atoms with E-state index in [1.165, 1.54) is 0 Å². The lowest BCUT2D eigenvalue weighted by Gasteiger charge is -2.14. The van der Waals surface area contributed by atoms with Crippen LogP contribution < -0.4 is 0 Å². The molecule has 0 heterocycles. The van der Waals surface area contributed by atoms with Gasteiger partial charge in [-0.2, -0.15) is 0 Å². The van der Waals surface area contributed by atoms with Crippen LogP contribution in [0.2, 0.25) is 0 Å². The normalized spacial score (nSPS) is 11.1. The second kappa shape index (κ2) is 8.12. The Labute approximate surface area is 85.6 Å². The monoisotopic (exact) mass is 192 g/mol. The summed E-state index contributed by atoms with van der Waals surface area (Å²) in [7, 11) is 0. The summed E-state index contributed by atoms with van der Waals surface area (Å²) in [5, 5.41) is 0. The Morgan fingerprint density at radius 3 is 2.79 bits per heavy atom. The van der Waals surface area contributed by atoms with Gasteiger partial charge < -0.3 is 4.74 Å². The van der Waals surface area contributed by atoms with Gasteiger partial charge in [0.05, 0.1) is 0 Å². The lowest BCUT2D eigenvalue weighted by atomic mass is 10.1. The highest BCUT2D eigenvalue weighted by Gasteiger charge is 2.09. The molecule has 0 aliphatic carbocycles. The van der Waals surface area contributed by atoms with E-state index in [1.807, 2.05) is 0 Å². The van der Waals surface area contributed by atoms with Crippen molar-refractivity contribution in [3.05, 3.63) is 25.3 Å². The van der Waals surface area contributed by atoms with E-state index in [9.17, 15) is 4.79 Å². The Balaban J connectivity index is 3.89. The summed E-state index contributed by atoms with van der Waals surface area (Å²) in [6, 6.07) is 0. The third-order valence-corrected chi connectivity index (χ3v) is 1.73. The molecule has 14 heavy (non-hydrogen) atoms. The Morgan fingerprint density at radius 2 is 2.29 bits per heavy atom. The van der Waals surface area contributed by atoms with Crippen molar-refractivity contribution < 1.29 is 9.53 Å². The first kappa shape index (κ1) is 12.5. The van der Waals surface area contributed by atoms with Crippen LogP contribution in [0.1, 0.15) is 25.7 Å². The van der Waals surface area contributed by atoms with Crippen LogP contribution in [0.3, 0.4) is 0 Å². The Morgan fingerprint density at radius 1 is 1.57 bits per heavy atom. The SMILES string of the molecule is C#CCCC[C@@H](CC=C)OC(=O)C=C. The van der Waals surface area contributed by atoms with Gasteiger partial charge in [-0.25, -0.2) is 4.79 Å². The van der Waals surface area contributed by atoms with Crippen LogP contribution in [-0.2, 0) is 9.53 Å². The lowest BCUT2D eigenvalue weighted by Crippen LogP contribution is -2.15. The summed E-state index contributed by atoms with van der Waals surface area (Å²) in [6.45, 7) is 6.94. The minimum absolute atomic E-state index is 0.119. The number of rotatable bonds is 7. The number of carbonyl (C=O) groups is 1. The van der Waals surface area contributed by atoms with Crippen LogP contribution >= 0.6 is 0 Å². The van der Waals surface area contributed by atoms with Crippen molar-refractivity contribution >= 4 is 5.97 Å². The Hall–Kier alpha value is -1.49. The summed E-state index contributed by atoms with van der Waals surface area (Å²) >= 11 is 0. The summed E-state index contributed by atoms with van der Waals surface area (Å²) in [6.07, 6.45) is 10.9. The average molecular weight is 192 g/mol. The summed E-state index contributed by atoms with van der Waals surface area (Å²) < 4.78 is 5.09. The quantitative estimate of drug-likeness (QED) is 0.204. The first-order chi connectivity index (χ1) is 6.74. The molecule has 2 heteroatoms. The van der Waals surface area contributed by atoms with Crippen molar-refractivity contribution in [2.75, 3.05) is 0 Å². The highest BCUT2D eigenvalue weighted by molar-refractivity contribution is 5.81. The topological polar surface area (TPSA) is 26.3 Å². The molecule has 0 aliphatic heterocycles. The van der Waals surface area contributed by atoms with Crippen molar-refractivity contribution in [1.29, 1.82) is 0 Å². The van der Waals surface area contributed by atoms with Gasteiger partial charge in [0.25, 0.3) is 0 Å². The molecule has 0 amide bonds. The smallest absolute Gasteiger partial charge is 0.330 e. The van der Waals surface area contributed by atoms with E-state index in [0.717, 1.165) is 18.9 Å². The molecule has 0 rings (SSSR count). The molecular weight excluding hydrogens is 176 g/mol. The number of hydrogen-bond donors (Lipinski definition) is 0. The average Bonchev–Trinajstić information content (AvgIpc) is 2.18. The van der Waals surface area contributed by atoms with Crippen LogP contribution in [0.5, 0.6) is 0 Å². The van der Waals surface area contributed by atoms with Gasteiger partial charge in [0.2, 0.25) is 0 Å².